The maximum Gasteiger partial charge on any atom is 0.344 e. The molecule has 1 amide bonds. The second kappa shape index (κ2) is 14.9. The number of aromatic nitrogens is 2. The van der Waals surface area contributed by atoms with Gasteiger partial charge in [0.25, 0.3) is 5.92 Å². The van der Waals surface area contributed by atoms with E-state index in [4.69, 9.17) is 4.74 Å². The average Bonchev–Trinajstić information content (AvgIpc) is 3.01. The van der Waals surface area contributed by atoms with Crippen molar-refractivity contribution >= 4 is 32.8 Å². The molecule has 1 fully saturated rings. The molecule has 1 aromatic carbocycles. The van der Waals surface area contributed by atoms with Crippen LogP contribution in [0.3, 0.4) is 0 Å². The number of alkyl halides is 2. The summed E-state index contributed by atoms with van der Waals surface area (Å²) in [6, 6.07) is 6.00. The lowest BCUT2D eigenvalue weighted by atomic mass is 9.85. The molecular formula is C32H45F2N5O4S. The fraction of sp³-hybridized carbons (Fsp3) is 0.594. The number of carbonyl (C=O) groups is 1. The quantitative estimate of drug-likeness (QED) is 0.411. The van der Waals surface area contributed by atoms with E-state index in [-0.39, 0.29) is 29.8 Å². The molecule has 0 unspecified atom stereocenters. The number of hydrogen-bond donors (Lipinski definition) is 1. The number of nitrogens with one attached hydrogen (secondary N) is 1. The van der Waals surface area contributed by atoms with E-state index < -0.39 is 33.0 Å². The highest BCUT2D eigenvalue weighted by atomic mass is 32.2. The van der Waals surface area contributed by atoms with E-state index in [2.05, 4.69) is 26.8 Å². The van der Waals surface area contributed by atoms with Crippen molar-refractivity contribution in [2.75, 3.05) is 49.3 Å². The third kappa shape index (κ3) is 7.81. The van der Waals surface area contributed by atoms with Crippen molar-refractivity contribution in [3.8, 4) is 0 Å². The van der Waals surface area contributed by atoms with Crippen molar-refractivity contribution in [1.29, 1.82) is 0 Å². The Morgan fingerprint density at radius 1 is 1.16 bits per heavy atom. The smallest absolute Gasteiger partial charge is 0.344 e. The van der Waals surface area contributed by atoms with Crippen LogP contribution in [0, 0.1) is 5.92 Å². The molecule has 242 valence electrons. The number of anilines is 2. The minimum atomic E-state index is -4.07. The maximum absolute atomic E-state index is 15.8. The second-order valence-electron chi connectivity index (χ2n) is 11.8. The first kappa shape index (κ1) is 33.9. The molecule has 2 aromatic rings. The molecule has 2 atom stereocenters. The number of benzene rings is 1. The van der Waals surface area contributed by atoms with Crippen molar-refractivity contribution in [1.82, 2.24) is 14.9 Å². The third-order valence-corrected chi connectivity index (χ3v) is 10.4. The molecule has 4 heterocycles. The Labute approximate surface area is 260 Å². The summed E-state index contributed by atoms with van der Waals surface area (Å²) in [4.78, 5) is 25.6. The van der Waals surface area contributed by atoms with Crippen LogP contribution in [0.1, 0.15) is 81.5 Å². The van der Waals surface area contributed by atoms with Gasteiger partial charge in [-0.05, 0) is 63.7 Å². The predicted molar refractivity (Wildman–Crippen MR) is 170 cm³/mol. The second-order valence-corrected chi connectivity index (χ2v) is 13.8. The van der Waals surface area contributed by atoms with Crippen molar-refractivity contribution < 1.29 is 26.7 Å². The number of ether oxygens (including phenoxy) is 1. The minimum Gasteiger partial charge on any atom is -0.380 e. The van der Waals surface area contributed by atoms with Crippen LogP contribution in [0.5, 0.6) is 0 Å². The SMILES string of the molecule is C=Cc1c2ncnc1N(C(=O)S(=O)(=O)CCC)CCCCC[C@H](OC)CN1CCC(CC1)C(F)(F)c1cccc(c1)[C@@H](C)N2. The fourth-order valence-corrected chi connectivity index (χ4v) is 7.35. The summed E-state index contributed by atoms with van der Waals surface area (Å²) < 4.78 is 63.3. The van der Waals surface area contributed by atoms with Gasteiger partial charge in [-0.2, -0.15) is 0 Å². The monoisotopic (exact) mass is 633 g/mol. The summed E-state index contributed by atoms with van der Waals surface area (Å²) in [5.74, 6) is -3.55. The molecule has 9 nitrogen and oxygen atoms in total. The number of piperidine rings is 1. The van der Waals surface area contributed by atoms with Crippen molar-refractivity contribution in [3.05, 3.63) is 53.9 Å². The Hall–Kier alpha value is -2.96. The number of sulfone groups is 1. The molecule has 0 spiro atoms. The fourth-order valence-electron chi connectivity index (χ4n) is 6.12. The molecule has 6 bridgehead atoms. The number of hydrogen-bond acceptors (Lipinski definition) is 8. The Morgan fingerprint density at radius 2 is 1.91 bits per heavy atom. The number of nitrogens with zero attached hydrogens (tertiary/aromatic N) is 4. The molecule has 1 N–H and O–H groups in total. The molecular weight excluding hydrogens is 588 g/mol. The maximum atomic E-state index is 15.8. The molecule has 0 saturated carbocycles. The normalized spacial score (nSPS) is 25.0. The first-order valence-corrected chi connectivity index (χ1v) is 17.2. The van der Waals surface area contributed by atoms with Crippen LogP contribution < -0.4 is 10.2 Å². The number of methoxy groups -OCH3 is 1. The first-order valence-electron chi connectivity index (χ1n) is 15.5. The largest absolute Gasteiger partial charge is 0.380 e. The van der Waals surface area contributed by atoms with Gasteiger partial charge in [0.1, 0.15) is 18.0 Å². The van der Waals surface area contributed by atoms with Crippen LogP contribution in [-0.2, 0) is 20.5 Å². The zero-order valence-electron chi connectivity index (χ0n) is 26.0. The Balaban J connectivity index is 1.73. The minimum absolute atomic E-state index is 0.0204. The summed E-state index contributed by atoms with van der Waals surface area (Å²) in [6.07, 6.45) is 6.65. The van der Waals surface area contributed by atoms with Gasteiger partial charge < -0.3 is 15.0 Å². The lowest BCUT2D eigenvalue weighted by Crippen LogP contribution is -2.43. The van der Waals surface area contributed by atoms with Crippen LogP contribution in [0.2, 0.25) is 0 Å². The van der Waals surface area contributed by atoms with E-state index >= 15 is 8.78 Å². The summed E-state index contributed by atoms with van der Waals surface area (Å²) in [5, 5.41) is 2.25. The first-order chi connectivity index (χ1) is 21.0. The summed E-state index contributed by atoms with van der Waals surface area (Å²) >= 11 is 0. The van der Waals surface area contributed by atoms with E-state index in [0.717, 1.165) is 19.3 Å². The van der Waals surface area contributed by atoms with Crippen molar-refractivity contribution in [2.24, 2.45) is 5.92 Å². The van der Waals surface area contributed by atoms with Gasteiger partial charge in [0, 0.05) is 37.7 Å². The van der Waals surface area contributed by atoms with Crippen LogP contribution in [-0.4, -0.2) is 73.7 Å². The summed E-state index contributed by atoms with van der Waals surface area (Å²) in [6.45, 7) is 9.41. The third-order valence-electron chi connectivity index (χ3n) is 8.71. The van der Waals surface area contributed by atoms with Gasteiger partial charge in [-0.25, -0.2) is 27.2 Å². The van der Waals surface area contributed by atoms with Crippen molar-refractivity contribution in [3.63, 3.8) is 0 Å². The Morgan fingerprint density at radius 3 is 2.59 bits per heavy atom. The molecule has 1 aromatic heterocycles. The summed E-state index contributed by atoms with van der Waals surface area (Å²) in [7, 11) is -2.41. The van der Waals surface area contributed by atoms with Crippen LogP contribution in [0.15, 0.2) is 37.2 Å². The molecule has 0 aliphatic carbocycles. The Kier molecular flexibility index (Phi) is 11.5. The lowest BCUT2D eigenvalue weighted by Gasteiger charge is -2.37. The molecule has 3 aliphatic heterocycles. The number of fused-ring (bicyclic) bond motifs is 10. The Bertz CT molecular complexity index is 1400. The summed E-state index contributed by atoms with van der Waals surface area (Å²) in [5.41, 5.74) is 0.979. The molecule has 44 heavy (non-hydrogen) atoms. The zero-order valence-corrected chi connectivity index (χ0v) is 26.8. The molecule has 3 aliphatic rings. The number of carbonyl (C=O) groups excluding carboxylic acids is 1. The number of rotatable bonds is 4. The zero-order chi connectivity index (χ0) is 31.9. The highest BCUT2D eigenvalue weighted by molar-refractivity contribution is 8.06. The van der Waals surface area contributed by atoms with Crippen LogP contribution in [0.4, 0.5) is 25.2 Å². The molecule has 5 rings (SSSR count). The predicted octanol–water partition coefficient (Wildman–Crippen LogP) is 6.44. The van der Waals surface area contributed by atoms with E-state index in [1.54, 1.807) is 26.2 Å². The number of amides is 1. The van der Waals surface area contributed by atoms with Crippen LogP contribution in [0.25, 0.3) is 6.08 Å². The average molecular weight is 634 g/mol. The standard InChI is InChI=1S/C32H45F2N5O4S/c1-5-19-44(41,42)31(40)39-16-9-7-8-13-27(43-4)21-38-17-14-25(15-18-38)32(33,34)26-12-10-11-24(20-26)23(3)37-29-28(6-2)30(39)36-22-35-29/h6,10-12,20,22-23,25,27H,2,5,7-9,13-19,21H2,1,3-4H3,(H,35,36,37)/t23-,27+/m1/s1. The van der Waals surface area contributed by atoms with Crippen LogP contribution >= 0.6 is 0 Å². The number of halogens is 2. The van der Waals surface area contributed by atoms with Gasteiger partial charge in [0.2, 0.25) is 9.84 Å². The van der Waals surface area contributed by atoms with Gasteiger partial charge in [0.15, 0.2) is 0 Å². The van der Waals surface area contributed by atoms with E-state index in [1.165, 1.54) is 29.4 Å². The van der Waals surface area contributed by atoms with Gasteiger partial charge in [-0.3, -0.25) is 9.69 Å². The topological polar surface area (TPSA) is 105 Å². The molecule has 12 heteroatoms. The molecule has 1 saturated heterocycles. The lowest BCUT2D eigenvalue weighted by molar-refractivity contribution is -0.0882. The van der Waals surface area contributed by atoms with Gasteiger partial charge >= 0.3 is 5.24 Å². The highest BCUT2D eigenvalue weighted by Crippen LogP contribution is 2.42. The van der Waals surface area contributed by atoms with Gasteiger partial charge in [-0.15, -0.1) is 0 Å². The molecule has 0 radical (unpaired) electrons. The highest BCUT2D eigenvalue weighted by Gasteiger charge is 2.43. The van der Waals surface area contributed by atoms with E-state index in [0.29, 0.717) is 62.3 Å². The van der Waals surface area contributed by atoms with E-state index in [9.17, 15) is 13.2 Å². The van der Waals surface area contributed by atoms with Crippen molar-refractivity contribution in [2.45, 2.75) is 76.9 Å². The van der Waals surface area contributed by atoms with Gasteiger partial charge in [0.05, 0.1) is 17.4 Å². The van der Waals surface area contributed by atoms with Gasteiger partial charge in [-0.1, -0.05) is 50.6 Å². The van der Waals surface area contributed by atoms with E-state index in [1.807, 2.05) is 6.92 Å².